The molecule has 1 aliphatic heterocycles. The molecule has 0 saturated carbocycles. The third-order valence-electron chi connectivity index (χ3n) is 1.36. The lowest BCUT2D eigenvalue weighted by Crippen LogP contribution is -2.63. The number of carbonyl (C=O) groups is 3. The topological polar surface area (TPSA) is 74.7 Å². The Hall–Kier alpha value is -0.620. The number of imide groups is 1. The van der Waals surface area contributed by atoms with Crippen LogP contribution >= 0.6 is 27.5 Å². The third-order valence-corrected chi connectivity index (χ3v) is 3.01. The summed E-state index contributed by atoms with van der Waals surface area (Å²) in [6, 6.07) is 0. The first kappa shape index (κ1) is 9.47. The van der Waals surface area contributed by atoms with Gasteiger partial charge in [0.2, 0.25) is 5.91 Å². The Morgan fingerprint density at radius 1 is 1.58 bits per heavy atom. The Balaban J connectivity index is 2.73. The van der Waals surface area contributed by atoms with Crippen LogP contribution in [0.4, 0.5) is 0 Å². The van der Waals surface area contributed by atoms with E-state index < -0.39 is 28.1 Å². The van der Waals surface area contributed by atoms with Gasteiger partial charge in [0.05, 0.1) is 0 Å². The highest BCUT2D eigenvalue weighted by atomic mass is 79.9. The molecule has 1 N–H and O–H groups in total. The summed E-state index contributed by atoms with van der Waals surface area (Å²) in [5.74, 6) is -3.61. The fraction of sp³-hybridized carbons (Fsp3) is 0.400. The van der Waals surface area contributed by atoms with Crippen LogP contribution in [0.1, 0.15) is 0 Å². The van der Waals surface area contributed by atoms with E-state index in [-0.39, 0.29) is 0 Å². The lowest BCUT2D eigenvalue weighted by atomic mass is 10.2. The van der Waals surface area contributed by atoms with Crippen LogP contribution in [0.5, 0.6) is 0 Å². The van der Waals surface area contributed by atoms with Gasteiger partial charge in [-0.15, -0.1) is 0 Å². The predicted molar refractivity (Wildman–Crippen MR) is 41.8 cm³/mol. The number of carboxylic acid groups (broad SMARTS) is 1. The molecule has 1 saturated heterocycles. The van der Waals surface area contributed by atoms with Gasteiger partial charge in [-0.1, -0.05) is 27.5 Å². The van der Waals surface area contributed by atoms with Crippen LogP contribution in [0.25, 0.3) is 0 Å². The second kappa shape index (κ2) is 3.02. The second-order valence-corrected chi connectivity index (χ2v) is 3.53. The molecule has 2 amide bonds. The number of β-lactam (4-membered cyclic amide) rings is 1. The van der Waals surface area contributed by atoms with Crippen molar-refractivity contribution in [3.8, 4) is 0 Å². The van der Waals surface area contributed by atoms with E-state index in [1.165, 1.54) is 0 Å². The Labute approximate surface area is 80.4 Å². The van der Waals surface area contributed by atoms with Crippen molar-refractivity contribution in [1.29, 1.82) is 0 Å². The number of hydrogen-bond donors (Lipinski definition) is 1. The minimum absolute atomic E-state index is 0.489. The Morgan fingerprint density at radius 3 is 2.42 bits per heavy atom. The lowest BCUT2D eigenvalue weighted by molar-refractivity contribution is -0.165. The van der Waals surface area contributed by atoms with Crippen molar-refractivity contribution >= 4 is 45.3 Å². The number of rotatable bonds is 0. The lowest BCUT2D eigenvalue weighted by Gasteiger charge is -2.37. The van der Waals surface area contributed by atoms with Crippen molar-refractivity contribution in [2.45, 2.75) is 10.3 Å². The van der Waals surface area contributed by atoms with Crippen LogP contribution in [0.15, 0.2) is 0 Å². The average molecular weight is 256 g/mol. The highest BCUT2D eigenvalue weighted by Gasteiger charge is 2.50. The molecular formula is C5H3BrClNO4. The fourth-order valence-electron chi connectivity index (χ4n) is 0.736. The number of carbonyl (C=O) groups excluding carboxylic acids is 2. The fourth-order valence-corrected chi connectivity index (χ4v) is 1.49. The quantitative estimate of drug-likeness (QED) is 0.281. The molecule has 0 unspecified atom stereocenters. The zero-order valence-corrected chi connectivity index (χ0v) is 7.87. The molecule has 0 aromatic rings. The smallest absolute Gasteiger partial charge is 0.395 e. The van der Waals surface area contributed by atoms with Gasteiger partial charge < -0.3 is 5.11 Å². The van der Waals surface area contributed by atoms with Crippen molar-refractivity contribution in [1.82, 2.24) is 4.90 Å². The molecule has 1 aliphatic rings. The van der Waals surface area contributed by atoms with Crippen molar-refractivity contribution < 1.29 is 19.5 Å². The van der Waals surface area contributed by atoms with Gasteiger partial charge in [0.15, 0.2) is 0 Å². The van der Waals surface area contributed by atoms with Gasteiger partial charge in [0, 0.05) is 0 Å². The molecule has 1 rings (SSSR count). The first-order valence-corrected chi connectivity index (χ1v) is 4.20. The van der Waals surface area contributed by atoms with Crippen molar-refractivity contribution in [2.24, 2.45) is 0 Å². The summed E-state index contributed by atoms with van der Waals surface area (Å²) >= 11 is 8.35. The molecule has 66 valence electrons. The van der Waals surface area contributed by atoms with Crippen molar-refractivity contribution in [3.63, 3.8) is 0 Å². The average Bonchev–Trinajstić information content (AvgIpc) is 2.03. The van der Waals surface area contributed by atoms with Gasteiger partial charge in [-0.25, -0.2) is 4.79 Å². The van der Waals surface area contributed by atoms with E-state index in [2.05, 4.69) is 15.9 Å². The minimum Gasteiger partial charge on any atom is -0.474 e. The van der Waals surface area contributed by atoms with Crippen molar-refractivity contribution in [3.05, 3.63) is 0 Å². The molecule has 0 aromatic heterocycles. The van der Waals surface area contributed by atoms with E-state index in [4.69, 9.17) is 16.7 Å². The van der Waals surface area contributed by atoms with Crippen LogP contribution in [-0.4, -0.2) is 38.1 Å². The summed E-state index contributed by atoms with van der Waals surface area (Å²) < 4.78 is 0. The van der Waals surface area contributed by atoms with Crippen LogP contribution in [0.3, 0.4) is 0 Å². The highest BCUT2D eigenvalue weighted by molar-refractivity contribution is 9.10. The van der Waals surface area contributed by atoms with Gasteiger partial charge in [-0.3, -0.25) is 14.5 Å². The monoisotopic (exact) mass is 255 g/mol. The number of amides is 2. The standard InChI is InChI=1S/C5H3BrClNO4/c6-1-2(7)8(3(1)9)4(10)5(11)12/h1-2H,(H,11,12)/t1-,2+/m1/s1. The normalized spacial score (nSPS) is 28.2. The van der Waals surface area contributed by atoms with E-state index in [1.54, 1.807) is 0 Å². The van der Waals surface area contributed by atoms with Crippen LogP contribution in [0, 0.1) is 0 Å². The van der Waals surface area contributed by atoms with Crippen molar-refractivity contribution in [2.75, 3.05) is 0 Å². The molecular weight excluding hydrogens is 253 g/mol. The maximum Gasteiger partial charge on any atom is 0.395 e. The van der Waals surface area contributed by atoms with E-state index in [0.717, 1.165) is 0 Å². The van der Waals surface area contributed by atoms with E-state index in [0.29, 0.717) is 4.90 Å². The zero-order chi connectivity index (χ0) is 9.46. The Morgan fingerprint density at radius 2 is 2.08 bits per heavy atom. The van der Waals surface area contributed by atoms with Gasteiger partial charge in [-0.2, -0.15) is 0 Å². The second-order valence-electron chi connectivity index (χ2n) is 2.09. The number of hydrogen-bond acceptors (Lipinski definition) is 3. The van der Waals surface area contributed by atoms with Crippen LogP contribution in [-0.2, 0) is 14.4 Å². The van der Waals surface area contributed by atoms with Crippen LogP contribution in [0.2, 0.25) is 0 Å². The summed E-state index contributed by atoms with van der Waals surface area (Å²) in [7, 11) is 0. The van der Waals surface area contributed by atoms with Crippen LogP contribution < -0.4 is 0 Å². The molecule has 5 nitrogen and oxygen atoms in total. The van der Waals surface area contributed by atoms with Gasteiger partial charge in [-0.05, 0) is 0 Å². The van der Waals surface area contributed by atoms with E-state index >= 15 is 0 Å². The minimum atomic E-state index is -1.69. The summed E-state index contributed by atoms with van der Waals surface area (Å²) in [6.45, 7) is 0. The Bertz CT molecular complexity index is 268. The summed E-state index contributed by atoms with van der Waals surface area (Å²) in [4.78, 5) is 31.5. The van der Waals surface area contributed by atoms with E-state index in [1.807, 2.05) is 0 Å². The predicted octanol–water partition coefficient (Wildman–Crippen LogP) is -0.232. The number of likely N-dealkylation sites (tertiary alicyclic amines) is 1. The maximum atomic E-state index is 10.8. The number of halogens is 2. The zero-order valence-electron chi connectivity index (χ0n) is 5.53. The molecule has 12 heavy (non-hydrogen) atoms. The number of nitrogens with zero attached hydrogens (tertiary/aromatic N) is 1. The first-order valence-electron chi connectivity index (χ1n) is 2.85. The highest BCUT2D eigenvalue weighted by Crippen LogP contribution is 2.29. The number of aliphatic carboxylic acids is 1. The van der Waals surface area contributed by atoms with Gasteiger partial charge in [0.1, 0.15) is 10.3 Å². The molecule has 1 fully saturated rings. The summed E-state index contributed by atoms with van der Waals surface area (Å²) in [6.07, 6.45) is 0. The summed E-state index contributed by atoms with van der Waals surface area (Å²) in [5.41, 5.74) is -0.902. The number of alkyl halides is 2. The van der Waals surface area contributed by atoms with Gasteiger partial charge in [0.25, 0.3) is 0 Å². The molecule has 0 bridgehead atoms. The molecule has 1 heterocycles. The number of carboxylic acids is 1. The SMILES string of the molecule is O=C(O)C(=O)N1C(=O)[C@H](Br)[C@H]1Cl. The molecule has 0 radical (unpaired) electrons. The molecule has 2 atom stereocenters. The first-order chi connectivity index (χ1) is 5.46. The Kier molecular flexibility index (Phi) is 2.39. The molecule has 0 spiro atoms. The largest absolute Gasteiger partial charge is 0.474 e. The molecule has 0 aromatic carbocycles. The van der Waals surface area contributed by atoms with Gasteiger partial charge >= 0.3 is 11.9 Å². The summed E-state index contributed by atoms with van der Waals surface area (Å²) in [5, 5.41) is 8.22. The molecule has 0 aliphatic carbocycles. The maximum absolute atomic E-state index is 10.8. The molecule has 7 heteroatoms. The van der Waals surface area contributed by atoms with E-state index in [9.17, 15) is 14.4 Å². The third kappa shape index (κ3) is 1.21.